The standard InChI is InChI=1S/C16H21ClN2O3/c1-18-7-8-21-15(11-18)16(20)19-6-5-14(10-19)22-13-4-2-3-12(17)9-13/h2-4,9,14-15H,5-8,10-11H2,1H3. The van der Waals surface area contributed by atoms with Crippen LogP contribution < -0.4 is 4.74 Å². The van der Waals surface area contributed by atoms with Crippen molar-refractivity contribution in [2.45, 2.75) is 18.6 Å². The van der Waals surface area contributed by atoms with E-state index in [0.717, 1.165) is 18.7 Å². The molecule has 0 aliphatic carbocycles. The predicted octanol–water partition coefficient (Wildman–Crippen LogP) is 1.65. The average Bonchev–Trinajstić information content (AvgIpc) is 2.95. The Kier molecular flexibility index (Phi) is 4.86. The molecule has 1 aromatic rings. The molecule has 2 fully saturated rings. The molecular formula is C16H21ClN2O3. The van der Waals surface area contributed by atoms with E-state index in [1.54, 1.807) is 6.07 Å². The van der Waals surface area contributed by atoms with Gasteiger partial charge in [0.15, 0.2) is 0 Å². The summed E-state index contributed by atoms with van der Waals surface area (Å²) in [6.45, 7) is 3.48. The second kappa shape index (κ2) is 6.86. The highest BCUT2D eigenvalue weighted by Crippen LogP contribution is 2.22. The first-order chi connectivity index (χ1) is 10.6. The van der Waals surface area contributed by atoms with Gasteiger partial charge in [0.2, 0.25) is 0 Å². The maximum atomic E-state index is 12.5. The minimum absolute atomic E-state index is 0.0173. The molecule has 0 N–H and O–H groups in total. The number of hydrogen-bond donors (Lipinski definition) is 0. The fraction of sp³-hybridized carbons (Fsp3) is 0.562. The number of nitrogens with zero attached hydrogens (tertiary/aromatic N) is 2. The summed E-state index contributed by atoms with van der Waals surface area (Å²) in [5.41, 5.74) is 0. The third-order valence-electron chi connectivity index (χ3n) is 4.10. The van der Waals surface area contributed by atoms with E-state index in [4.69, 9.17) is 21.1 Å². The molecule has 2 aliphatic heterocycles. The summed E-state index contributed by atoms with van der Waals surface area (Å²) < 4.78 is 11.5. The lowest BCUT2D eigenvalue weighted by Gasteiger charge is -2.31. The first-order valence-corrected chi connectivity index (χ1v) is 8.01. The van der Waals surface area contributed by atoms with Crippen molar-refractivity contribution in [3.05, 3.63) is 29.3 Å². The van der Waals surface area contributed by atoms with Crippen LogP contribution in [0.25, 0.3) is 0 Å². The number of likely N-dealkylation sites (N-methyl/N-ethyl adjacent to an activating group) is 1. The topological polar surface area (TPSA) is 42.0 Å². The lowest BCUT2D eigenvalue weighted by atomic mass is 10.2. The Bertz CT molecular complexity index is 540. The Balaban J connectivity index is 1.54. The van der Waals surface area contributed by atoms with Gasteiger partial charge in [-0.3, -0.25) is 4.79 Å². The van der Waals surface area contributed by atoms with Crippen LogP contribution >= 0.6 is 11.6 Å². The SMILES string of the molecule is CN1CCOC(C(=O)N2CCC(Oc3cccc(Cl)c3)C2)C1. The lowest BCUT2D eigenvalue weighted by Crippen LogP contribution is -2.49. The number of carbonyl (C=O) groups is 1. The number of carbonyl (C=O) groups excluding carboxylic acids is 1. The maximum absolute atomic E-state index is 12.5. The molecule has 2 heterocycles. The highest BCUT2D eigenvalue weighted by Gasteiger charge is 2.34. The van der Waals surface area contributed by atoms with Gasteiger partial charge in [0.05, 0.1) is 13.2 Å². The van der Waals surface area contributed by atoms with Crippen LogP contribution in [0.3, 0.4) is 0 Å². The van der Waals surface area contributed by atoms with Crippen LogP contribution in [0.2, 0.25) is 5.02 Å². The maximum Gasteiger partial charge on any atom is 0.253 e. The molecule has 2 unspecified atom stereocenters. The molecule has 0 aromatic heterocycles. The number of benzene rings is 1. The van der Waals surface area contributed by atoms with Gasteiger partial charge >= 0.3 is 0 Å². The minimum Gasteiger partial charge on any atom is -0.488 e. The van der Waals surface area contributed by atoms with Gasteiger partial charge in [-0.05, 0) is 25.2 Å². The molecule has 120 valence electrons. The first kappa shape index (κ1) is 15.6. The predicted molar refractivity (Wildman–Crippen MR) is 84.3 cm³/mol. The molecule has 2 saturated heterocycles. The molecule has 5 nitrogen and oxygen atoms in total. The van der Waals surface area contributed by atoms with Crippen molar-refractivity contribution in [3.8, 4) is 5.75 Å². The quantitative estimate of drug-likeness (QED) is 0.848. The summed E-state index contributed by atoms with van der Waals surface area (Å²) in [5, 5.41) is 0.655. The Morgan fingerprint density at radius 1 is 1.36 bits per heavy atom. The number of ether oxygens (including phenoxy) is 2. The van der Waals surface area contributed by atoms with E-state index in [9.17, 15) is 4.79 Å². The second-order valence-corrected chi connectivity index (χ2v) is 6.33. The molecular weight excluding hydrogens is 304 g/mol. The third-order valence-corrected chi connectivity index (χ3v) is 4.34. The highest BCUT2D eigenvalue weighted by molar-refractivity contribution is 6.30. The highest BCUT2D eigenvalue weighted by atomic mass is 35.5. The van der Waals surface area contributed by atoms with Crippen molar-refractivity contribution in [2.24, 2.45) is 0 Å². The Hall–Kier alpha value is -1.30. The smallest absolute Gasteiger partial charge is 0.253 e. The molecule has 0 radical (unpaired) electrons. The minimum atomic E-state index is -0.344. The third kappa shape index (κ3) is 3.72. The van der Waals surface area contributed by atoms with Crippen LogP contribution in [-0.2, 0) is 9.53 Å². The average molecular weight is 325 g/mol. The van der Waals surface area contributed by atoms with E-state index in [1.165, 1.54) is 0 Å². The zero-order valence-corrected chi connectivity index (χ0v) is 13.5. The van der Waals surface area contributed by atoms with Gasteiger partial charge in [0.25, 0.3) is 5.91 Å². The van der Waals surface area contributed by atoms with Gasteiger partial charge in [-0.15, -0.1) is 0 Å². The van der Waals surface area contributed by atoms with Crippen molar-refractivity contribution in [2.75, 3.05) is 39.8 Å². The monoisotopic (exact) mass is 324 g/mol. The Morgan fingerprint density at radius 2 is 2.23 bits per heavy atom. The molecule has 0 saturated carbocycles. The van der Waals surface area contributed by atoms with E-state index < -0.39 is 0 Å². The number of halogens is 1. The number of amides is 1. The molecule has 1 aromatic carbocycles. The molecule has 2 aliphatic rings. The van der Waals surface area contributed by atoms with Gasteiger partial charge in [0.1, 0.15) is 18.0 Å². The fourth-order valence-corrected chi connectivity index (χ4v) is 3.07. The van der Waals surface area contributed by atoms with E-state index in [1.807, 2.05) is 30.1 Å². The summed E-state index contributed by atoms with van der Waals surface area (Å²) in [5.74, 6) is 0.823. The molecule has 0 spiro atoms. The normalized spacial score (nSPS) is 26.2. The fourth-order valence-electron chi connectivity index (χ4n) is 2.89. The van der Waals surface area contributed by atoms with Gasteiger partial charge in [-0.2, -0.15) is 0 Å². The zero-order valence-electron chi connectivity index (χ0n) is 12.7. The van der Waals surface area contributed by atoms with E-state index in [0.29, 0.717) is 31.3 Å². The van der Waals surface area contributed by atoms with Gasteiger partial charge in [0, 0.05) is 31.1 Å². The first-order valence-electron chi connectivity index (χ1n) is 7.63. The molecule has 3 rings (SSSR count). The van der Waals surface area contributed by atoms with E-state index in [2.05, 4.69) is 4.90 Å². The summed E-state index contributed by atoms with van der Waals surface area (Å²) in [7, 11) is 2.01. The Labute approximate surface area is 135 Å². The zero-order chi connectivity index (χ0) is 15.5. The molecule has 2 atom stereocenters. The summed E-state index contributed by atoms with van der Waals surface area (Å²) in [6, 6.07) is 7.36. The van der Waals surface area contributed by atoms with Crippen LogP contribution in [0.1, 0.15) is 6.42 Å². The number of hydrogen-bond acceptors (Lipinski definition) is 4. The van der Waals surface area contributed by atoms with Crippen LogP contribution in [0.5, 0.6) is 5.75 Å². The van der Waals surface area contributed by atoms with Crippen molar-refractivity contribution in [3.63, 3.8) is 0 Å². The van der Waals surface area contributed by atoms with Crippen molar-refractivity contribution >= 4 is 17.5 Å². The molecule has 22 heavy (non-hydrogen) atoms. The van der Waals surface area contributed by atoms with Crippen molar-refractivity contribution < 1.29 is 14.3 Å². The van der Waals surface area contributed by atoms with Gasteiger partial charge in [-0.1, -0.05) is 17.7 Å². The van der Waals surface area contributed by atoms with Crippen LogP contribution in [0, 0.1) is 0 Å². The second-order valence-electron chi connectivity index (χ2n) is 5.89. The van der Waals surface area contributed by atoms with Crippen LogP contribution in [-0.4, -0.2) is 67.7 Å². The number of rotatable bonds is 3. The molecule has 0 bridgehead atoms. The Morgan fingerprint density at radius 3 is 3.00 bits per heavy atom. The van der Waals surface area contributed by atoms with Gasteiger partial charge in [-0.25, -0.2) is 0 Å². The van der Waals surface area contributed by atoms with E-state index in [-0.39, 0.29) is 18.1 Å². The van der Waals surface area contributed by atoms with Crippen molar-refractivity contribution in [1.29, 1.82) is 0 Å². The van der Waals surface area contributed by atoms with Crippen LogP contribution in [0.4, 0.5) is 0 Å². The van der Waals surface area contributed by atoms with Crippen LogP contribution in [0.15, 0.2) is 24.3 Å². The number of likely N-dealkylation sites (tertiary alicyclic amines) is 1. The van der Waals surface area contributed by atoms with E-state index >= 15 is 0 Å². The van der Waals surface area contributed by atoms with Crippen molar-refractivity contribution in [1.82, 2.24) is 9.80 Å². The summed E-state index contributed by atoms with van der Waals surface area (Å²) in [4.78, 5) is 16.5. The largest absolute Gasteiger partial charge is 0.488 e. The lowest BCUT2D eigenvalue weighted by molar-refractivity contribution is -0.148. The molecule has 1 amide bonds. The number of morpholine rings is 1. The molecule has 6 heteroatoms. The summed E-state index contributed by atoms with van der Waals surface area (Å²) in [6.07, 6.45) is 0.508. The van der Waals surface area contributed by atoms with Gasteiger partial charge < -0.3 is 19.3 Å². The summed E-state index contributed by atoms with van der Waals surface area (Å²) >= 11 is 5.96.